The van der Waals surface area contributed by atoms with Crippen molar-refractivity contribution in [1.29, 1.82) is 0 Å². The zero-order valence-corrected chi connectivity index (χ0v) is 28.3. The van der Waals surface area contributed by atoms with Crippen LogP contribution in [0, 0.1) is 5.92 Å². The van der Waals surface area contributed by atoms with Gasteiger partial charge in [0.2, 0.25) is 20.7 Å². The normalized spacial score (nSPS) is 25.4. The van der Waals surface area contributed by atoms with Crippen molar-refractivity contribution in [3.63, 3.8) is 0 Å². The molecule has 47 heavy (non-hydrogen) atoms. The molecule has 11 heteroatoms. The minimum atomic E-state index is -3.47. The number of benzene rings is 3. The number of anilines is 3. The largest absolute Gasteiger partial charge is 0.497 e. The Morgan fingerprint density at radius 2 is 1.83 bits per heavy atom. The Hall–Kier alpha value is -4.06. The Morgan fingerprint density at radius 1 is 1.13 bits per heavy atom. The van der Waals surface area contributed by atoms with E-state index in [1.165, 1.54) is 0 Å². The summed E-state index contributed by atoms with van der Waals surface area (Å²) in [5.74, 6) is -0.503. The predicted molar refractivity (Wildman–Crippen MR) is 180 cm³/mol. The third-order valence-corrected chi connectivity index (χ3v) is 12.6. The summed E-state index contributed by atoms with van der Waals surface area (Å²) in [6.45, 7) is 5.74. The molecule has 3 aliphatic heterocycles. The molecule has 0 unspecified atom stereocenters. The molecule has 0 saturated carbocycles. The van der Waals surface area contributed by atoms with Crippen LogP contribution in [0.1, 0.15) is 37.3 Å². The summed E-state index contributed by atoms with van der Waals surface area (Å²) in [5, 5.41) is 9.83. The van der Waals surface area contributed by atoms with E-state index < -0.39 is 31.6 Å². The second kappa shape index (κ2) is 12.9. The molecule has 0 aliphatic carbocycles. The summed E-state index contributed by atoms with van der Waals surface area (Å²) in [7, 11) is -1.92. The van der Waals surface area contributed by atoms with Crippen molar-refractivity contribution >= 4 is 43.7 Å². The van der Waals surface area contributed by atoms with Gasteiger partial charge in [-0.15, -0.1) is 0 Å². The van der Waals surface area contributed by atoms with Crippen molar-refractivity contribution < 1.29 is 33.1 Å². The number of halogens is 1. The molecule has 6 rings (SSSR count). The van der Waals surface area contributed by atoms with Gasteiger partial charge in [0, 0.05) is 34.9 Å². The highest BCUT2D eigenvalue weighted by Crippen LogP contribution is 2.60. The highest BCUT2D eigenvalue weighted by atomic mass is 28.4. The maximum absolute atomic E-state index is 16.3. The summed E-state index contributed by atoms with van der Waals surface area (Å²) in [4.78, 5) is 45.2. The zero-order valence-electron chi connectivity index (χ0n) is 27.3. The lowest BCUT2D eigenvalue weighted by Gasteiger charge is -2.31. The number of carbonyl (C=O) groups is 3. The van der Waals surface area contributed by atoms with E-state index in [9.17, 15) is 19.5 Å². The Kier molecular flexibility index (Phi) is 8.99. The second-order valence-electron chi connectivity index (χ2n) is 13.3. The SMILES string of the molecule is COc1ccc2c(c1)[C@]1(O[C@@H](CC(=O)N3CCC[C@H]3CO)[C@H]([Si](C)(C)F)[C@H]1C)C(=O)N2Cc1ccc(N(C=O)c2ccccc2)cc1. The number of para-hydroxylation sites is 1. The summed E-state index contributed by atoms with van der Waals surface area (Å²) >= 11 is 0. The fourth-order valence-corrected chi connectivity index (χ4v) is 10.5. The van der Waals surface area contributed by atoms with Gasteiger partial charge in [-0.2, -0.15) is 0 Å². The van der Waals surface area contributed by atoms with E-state index in [0.717, 1.165) is 30.5 Å². The van der Waals surface area contributed by atoms with Crippen LogP contribution >= 0.6 is 0 Å². The molecule has 0 aromatic heterocycles. The second-order valence-corrected chi connectivity index (χ2v) is 17.1. The first kappa shape index (κ1) is 32.9. The van der Waals surface area contributed by atoms with Gasteiger partial charge in [-0.3, -0.25) is 19.3 Å². The van der Waals surface area contributed by atoms with Crippen LogP contribution < -0.4 is 14.5 Å². The maximum Gasteiger partial charge on any atom is 0.264 e. The third-order valence-electron chi connectivity index (χ3n) is 10.1. The van der Waals surface area contributed by atoms with Crippen molar-refractivity contribution in [3.05, 3.63) is 83.9 Å². The van der Waals surface area contributed by atoms with E-state index in [1.54, 1.807) is 47.0 Å². The number of carbonyl (C=O) groups excluding carboxylic acids is 3. The standard InChI is InChI=1S/C36H42FN3O6Si/c1-24-34(47(3,4)37)32(20-33(43)38-18-8-11-28(38)22-41)46-36(24)30-19-29(45-2)16-17-31(30)39(35(36)44)21-25-12-14-27(15-13-25)40(23-42)26-9-6-5-7-10-26/h5-7,9-10,12-17,19,23-24,28,32,34,41H,8,11,18,20-22H2,1-4H3/t24-,28+,32+,34-,36+/m1/s1. The summed E-state index contributed by atoms with van der Waals surface area (Å²) in [6, 6.07) is 21.9. The molecular formula is C36H42FN3O6Si. The Labute approximate surface area is 276 Å². The number of fused-ring (bicyclic) bond motifs is 2. The van der Waals surface area contributed by atoms with E-state index >= 15 is 4.11 Å². The number of hydrogen-bond acceptors (Lipinski definition) is 6. The lowest BCUT2D eigenvalue weighted by Crippen LogP contribution is -2.45. The van der Waals surface area contributed by atoms with Gasteiger partial charge >= 0.3 is 0 Å². The molecule has 0 radical (unpaired) electrons. The molecule has 2 fully saturated rings. The first-order valence-corrected chi connectivity index (χ1v) is 19.1. The molecular weight excluding hydrogens is 617 g/mol. The minimum absolute atomic E-state index is 0.0592. The van der Waals surface area contributed by atoms with Crippen LogP contribution in [0.2, 0.25) is 18.6 Å². The Balaban J connectivity index is 1.33. The van der Waals surface area contributed by atoms with Gasteiger partial charge in [-0.05, 0) is 74.0 Å². The van der Waals surface area contributed by atoms with E-state index in [0.29, 0.717) is 29.2 Å². The fourth-order valence-electron chi connectivity index (χ4n) is 7.96. The highest BCUT2D eigenvalue weighted by molar-refractivity contribution is 6.72. The molecule has 3 aromatic rings. The first-order chi connectivity index (χ1) is 22.5. The molecule has 3 heterocycles. The molecule has 248 valence electrons. The third kappa shape index (κ3) is 5.74. The quantitative estimate of drug-likeness (QED) is 0.171. The number of aliphatic hydroxyl groups is 1. The van der Waals surface area contributed by atoms with Gasteiger partial charge < -0.3 is 28.5 Å². The van der Waals surface area contributed by atoms with Gasteiger partial charge in [-0.1, -0.05) is 37.3 Å². The van der Waals surface area contributed by atoms with Crippen LogP contribution in [0.3, 0.4) is 0 Å². The molecule has 2 saturated heterocycles. The van der Waals surface area contributed by atoms with Gasteiger partial charge in [0.15, 0.2) is 5.60 Å². The lowest BCUT2D eigenvalue weighted by atomic mass is 9.82. The maximum atomic E-state index is 16.3. The van der Waals surface area contributed by atoms with Gasteiger partial charge in [0.1, 0.15) is 5.75 Å². The Morgan fingerprint density at radius 3 is 2.47 bits per heavy atom. The molecule has 3 amide bonds. The van der Waals surface area contributed by atoms with Crippen LogP contribution in [0.15, 0.2) is 72.8 Å². The summed E-state index contributed by atoms with van der Waals surface area (Å²) in [5.41, 5.74) is 1.38. The topological polar surface area (TPSA) is 99.6 Å². The van der Waals surface area contributed by atoms with Crippen molar-refractivity contribution in [2.75, 3.05) is 30.1 Å². The number of aliphatic hydroxyl groups excluding tert-OH is 1. The van der Waals surface area contributed by atoms with E-state index in [4.69, 9.17) is 9.47 Å². The number of amides is 3. The molecule has 5 atom stereocenters. The van der Waals surface area contributed by atoms with Crippen LogP contribution in [0.5, 0.6) is 5.75 Å². The average molecular weight is 660 g/mol. The molecule has 1 N–H and O–H groups in total. The molecule has 3 aliphatic rings. The minimum Gasteiger partial charge on any atom is -0.497 e. The van der Waals surface area contributed by atoms with E-state index in [-0.39, 0.29) is 37.4 Å². The van der Waals surface area contributed by atoms with Crippen molar-refractivity contribution in [3.8, 4) is 5.75 Å². The van der Waals surface area contributed by atoms with Gasteiger partial charge in [0.05, 0.1) is 44.5 Å². The number of rotatable bonds is 10. The van der Waals surface area contributed by atoms with E-state index in [1.807, 2.05) is 67.6 Å². The van der Waals surface area contributed by atoms with Gasteiger partial charge in [-0.25, -0.2) is 0 Å². The number of nitrogens with zero attached hydrogens (tertiary/aromatic N) is 3. The molecule has 0 bridgehead atoms. The van der Waals surface area contributed by atoms with Crippen LogP contribution in [-0.2, 0) is 31.3 Å². The Bertz CT molecular complexity index is 1630. The number of ether oxygens (including phenoxy) is 2. The van der Waals surface area contributed by atoms with Crippen molar-refractivity contribution in [2.45, 2.75) is 69.1 Å². The van der Waals surface area contributed by atoms with E-state index in [2.05, 4.69) is 0 Å². The summed E-state index contributed by atoms with van der Waals surface area (Å²) < 4.78 is 28.6. The zero-order chi connectivity index (χ0) is 33.5. The van der Waals surface area contributed by atoms with Crippen LogP contribution in [-0.4, -0.2) is 69.0 Å². The van der Waals surface area contributed by atoms with Gasteiger partial charge in [0.25, 0.3) is 5.91 Å². The monoisotopic (exact) mass is 659 g/mol. The first-order valence-electron chi connectivity index (χ1n) is 16.2. The predicted octanol–water partition coefficient (Wildman–Crippen LogP) is 5.68. The lowest BCUT2D eigenvalue weighted by molar-refractivity contribution is -0.150. The summed E-state index contributed by atoms with van der Waals surface area (Å²) in [6.07, 6.45) is 1.43. The number of likely N-dealkylation sites (tertiary alicyclic amines) is 1. The average Bonchev–Trinajstić information content (AvgIpc) is 3.73. The molecule has 3 aromatic carbocycles. The highest BCUT2D eigenvalue weighted by Gasteiger charge is 2.67. The van der Waals surface area contributed by atoms with Crippen LogP contribution in [0.25, 0.3) is 0 Å². The number of hydrogen-bond donors (Lipinski definition) is 1. The molecule has 1 spiro atoms. The van der Waals surface area contributed by atoms with Crippen LogP contribution in [0.4, 0.5) is 21.2 Å². The number of methoxy groups -OCH3 is 1. The molecule has 9 nitrogen and oxygen atoms in total. The van der Waals surface area contributed by atoms with Crippen molar-refractivity contribution in [2.24, 2.45) is 5.92 Å². The fraction of sp³-hybridized carbons (Fsp3) is 0.417. The smallest absolute Gasteiger partial charge is 0.264 e. The van der Waals surface area contributed by atoms with Crippen molar-refractivity contribution in [1.82, 2.24) is 4.90 Å².